The van der Waals surface area contributed by atoms with E-state index in [1.165, 1.54) is 0 Å². The second-order valence-electron chi connectivity index (χ2n) is 4.88. The lowest BCUT2D eigenvalue weighted by Gasteiger charge is -2.41. The minimum absolute atomic E-state index is 0.102. The monoisotopic (exact) mass is 264 g/mol. The third-order valence-electron chi connectivity index (χ3n) is 3.47. The normalized spacial score (nSPS) is 23.2. The van der Waals surface area contributed by atoms with E-state index in [1.54, 1.807) is 7.11 Å². The fourth-order valence-electron chi connectivity index (χ4n) is 2.48. The maximum Gasteiger partial charge on any atom is 0.245 e. The highest BCUT2D eigenvalue weighted by atomic mass is 16.5. The van der Waals surface area contributed by atoms with Crippen molar-refractivity contribution in [2.24, 2.45) is 0 Å². The fourth-order valence-corrected chi connectivity index (χ4v) is 2.48. The number of benzene rings is 1. The van der Waals surface area contributed by atoms with E-state index in [1.807, 2.05) is 36.9 Å². The SMILES string of the molecule is COc1ccc(C)cc1N1C(C)CNC(=O)C1CO. The van der Waals surface area contributed by atoms with Crippen LogP contribution in [-0.2, 0) is 4.79 Å². The molecule has 0 spiro atoms. The molecule has 2 atom stereocenters. The lowest BCUT2D eigenvalue weighted by molar-refractivity contribution is -0.124. The van der Waals surface area contributed by atoms with Crippen molar-refractivity contribution in [2.75, 3.05) is 25.2 Å². The number of methoxy groups -OCH3 is 1. The molecule has 19 heavy (non-hydrogen) atoms. The van der Waals surface area contributed by atoms with Gasteiger partial charge in [0.1, 0.15) is 11.8 Å². The Balaban J connectivity index is 2.47. The molecule has 104 valence electrons. The van der Waals surface area contributed by atoms with E-state index in [4.69, 9.17) is 4.74 Å². The van der Waals surface area contributed by atoms with E-state index >= 15 is 0 Å². The molecule has 1 heterocycles. The van der Waals surface area contributed by atoms with Gasteiger partial charge in [-0.1, -0.05) is 6.07 Å². The number of carbonyl (C=O) groups is 1. The third kappa shape index (κ3) is 2.51. The standard InChI is InChI=1S/C14H20N2O3/c1-9-4-5-13(19-3)11(6-9)16-10(2)7-15-14(18)12(16)8-17/h4-6,10,12,17H,7-8H2,1-3H3,(H,15,18). The van der Waals surface area contributed by atoms with Crippen molar-refractivity contribution in [3.05, 3.63) is 23.8 Å². The first-order valence-electron chi connectivity index (χ1n) is 6.40. The maximum atomic E-state index is 11.9. The van der Waals surface area contributed by atoms with Crippen LogP contribution < -0.4 is 15.0 Å². The molecule has 0 aliphatic carbocycles. The average Bonchev–Trinajstić information content (AvgIpc) is 2.41. The highest BCUT2D eigenvalue weighted by Crippen LogP contribution is 2.33. The number of aryl methyl sites for hydroxylation is 1. The first-order valence-corrected chi connectivity index (χ1v) is 6.40. The Morgan fingerprint density at radius 2 is 2.26 bits per heavy atom. The summed E-state index contributed by atoms with van der Waals surface area (Å²) in [6.45, 7) is 4.36. The molecule has 1 fully saturated rings. The Bertz CT molecular complexity index is 476. The zero-order valence-corrected chi connectivity index (χ0v) is 11.5. The average molecular weight is 264 g/mol. The molecule has 1 amide bonds. The van der Waals surface area contributed by atoms with Crippen LogP contribution in [0.4, 0.5) is 5.69 Å². The lowest BCUT2D eigenvalue weighted by Crippen LogP contribution is -2.61. The zero-order valence-electron chi connectivity index (χ0n) is 11.5. The summed E-state index contributed by atoms with van der Waals surface area (Å²) >= 11 is 0. The predicted octanol–water partition coefficient (Wildman–Crippen LogP) is 0.689. The molecule has 2 N–H and O–H groups in total. The molecule has 1 aliphatic rings. The van der Waals surface area contributed by atoms with E-state index in [9.17, 15) is 9.90 Å². The van der Waals surface area contributed by atoms with E-state index in [2.05, 4.69) is 5.32 Å². The van der Waals surface area contributed by atoms with Gasteiger partial charge in [0.05, 0.1) is 19.4 Å². The number of anilines is 1. The van der Waals surface area contributed by atoms with Gasteiger partial charge in [-0.15, -0.1) is 0 Å². The molecule has 2 unspecified atom stereocenters. The summed E-state index contributed by atoms with van der Waals surface area (Å²) < 4.78 is 5.37. The first kappa shape index (κ1) is 13.7. The molecule has 2 rings (SSSR count). The number of aliphatic hydroxyl groups excluding tert-OH is 1. The number of piperazine rings is 1. The van der Waals surface area contributed by atoms with Crippen LogP contribution in [0.1, 0.15) is 12.5 Å². The van der Waals surface area contributed by atoms with Crippen molar-refractivity contribution in [1.29, 1.82) is 0 Å². The van der Waals surface area contributed by atoms with Crippen molar-refractivity contribution in [1.82, 2.24) is 5.32 Å². The third-order valence-corrected chi connectivity index (χ3v) is 3.47. The molecule has 0 bridgehead atoms. The number of amides is 1. The molecule has 0 saturated carbocycles. The Labute approximate surface area is 113 Å². The molecule has 5 heteroatoms. The van der Waals surface area contributed by atoms with Crippen LogP contribution in [0.25, 0.3) is 0 Å². The molecule has 0 radical (unpaired) electrons. The Morgan fingerprint density at radius 3 is 2.89 bits per heavy atom. The zero-order chi connectivity index (χ0) is 14.0. The summed E-state index contributed by atoms with van der Waals surface area (Å²) in [5, 5.41) is 12.3. The van der Waals surface area contributed by atoms with Crippen LogP contribution in [0.15, 0.2) is 18.2 Å². The lowest BCUT2D eigenvalue weighted by atomic mass is 10.1. The number of rotatable bonds is 3. The van der Waals surface area contributed by atoms with Crippen LogP contribution in [-0.4, -0.2) is 43.4 Å². The van der Waals surface area contributed by atoms with Crippen molar-refractivity contribution >= 4 is 11.6 Å². The van der Waals surface area contributed by atoms with Crippen LogP contribution >= 0.6 is 0 Å². The van der Waals surface area contributed by atoms with Gasteiger partial charge in [0.2, 0.25) is 5.91 Å². The van der Waals surface area contributed by atoms with Crippen LogP contribution in [0.3, 0.4) is 0 Å². The highest BCUT2D eigenvalue weighted by Gasteiger charge is 2.35. The molecular weight excluding hydrogens is 244 g/mol. The van der Waals surface area contributed by atoms with E-state index in [0.717, 1.165) is 11.3 Å². The second kappa shape index (κ2) is 5.48. The van der Waals surface area contributed by atoms with Gasteiger partial charge in [0.25, 0.3) is 0 Å². The van der Waals surface area contributed by atoms with Gasteiger partial charge in [0, 0.05) is 12.6 Å². The number of hydrogen-bond acceptors (Lipinski definition) is 4. The van der Waals surface area contributed by atoms with Gasteiger partial charge in [-0.3, -0.25) is 4.79 Å². The molecule has 0 aromatic heterocycles. The number of nitrogens with zero attached hydrogens (tertiary/aromatic N) is 1. The van der Waals surface area contributed by atoms with Gasteiger partial charge >= 0.3 is 0 Å². The molecule has 1 aromatic rings. The van der Waals surface area contributed by atoms with E-state index < -0.39 is 6.04 Å². The molecule has 1 aliphatic heterocycles. The van der Waals surface area contributed by atoms with Crippen LogP contribution in [0, 0.1) is 6.92 Å². The number of ether oxygens (including phenoxy) is 1. The Kier molecular flexibility index (Phi) is 3.95. The molecule has 1 aromatic carbocycles. The topological polar surface area (TPSA) is 61.8 Å². The fraction of sp³-hybridized carbons (Fsp3) is 0.500. The van der Waals surface area contributed by atoms with Gasteiger partial charge in [0.15, 0.2) is 0 Å². The quantitative estimate of drug-likeness (QED) is 0.843. The summed E-state index contributed by atoms with van der Waals surface area (Å²) in [4.78, 5) is 13.8. The van der Waals surface area contributed by atoms with E-state index in [-0.39, 0.29) is 18.6 Å². The van der Waals surface area contributed by atoms with Crippen molar-refractivity contribution in [2.45, 2.75) is 25.9 Å². The summed E-state index contributed by atoms with van der Waals surface area (Å²) in [5.74, 6) is 0.565. The number of nitrogens with one attached hydrogen (secondary N) is 1. The maximum absolute atomic E-state index is 11.9. The van der Waals surface area contributed by atoms with E-state index in [0.29, 0.717) is 12.3 Å². The summed E-state index contributed by atoms with van der Waals surface area (Å²) in [6.07, 6.45) is 0. The molecule has 5 nitrogen and oxygen atoms in total. The van der Waals surface area contributed by atoms with Crippen LogP contribution in [0.2, 0.25) is 0 Å². The minimum atomic E-state index is -0.570. The summed E-state index contributed by atoms with van der Waals surface area (Å²) in [7, 11) is 1.61. The van der Waals surface area contributed by atoms with Gasteiger partial charge in [-0.05, 0) is 31.5 Å². The van der Waals surface area contributed by atoms with Gasteiger partial charge in [-0.25, -0.2) is 0 Å². The Morgan fingerprint density at radius 1 is 1.53 bits per heavy atom. The smallest absolute Gasteiger partial charge is 0.245 e. The minimum Gasteiger partial charge on any atom is -0.495 e. The van der Waals surface area contributed by atoms with Gasteiger partial charge in [-0.2, -0.15) is 0 Å². The largest absolute Gasteiger partial charge is 0.495 e. The van der Waals surface area contributed by atoms with Crippen LogP contribution in [0.5, 0.6) is 5.75 Å². The number of carbonyl (C=O) groups excluding carboxylic acids is 1. The van der Waals surface area contributed by atoms with Crippen molar-refractivity contribution in [3.8, 4) is 5.75 Å². The summed E-state index contributed by atoms with van der Waals surface area (Å²) in [5.41, 5.74) is 1.94. The molecule has 1 saturated heterocycles. The predicted molar refractivity (Wildman–Crippen MR) is 73.6 cm³/mol. The van der Waals surface area contributed by atoms with Crippen molar-refractivity contribution < 1.29 is 14.6 Å². The first-order chi connectivity index (χ1) is 9.08. The Hall–Kier alpha value is -1.75. The van der Waals surface area contributed by atoms with Crippen molar-refractivity contribution in [3.63, 3.8) is 0 Å². The summed E-state index contributed by atoms with van der Waals surface area (Å²) in [6, 6.07) is 5.37. The van der Waals surface area contributed by atoms with Gasteiger partial charge < -0.3 is 20.1 Å². The highest BCUT2D eigenvalue weighted by molar-refractivity contribution is 5.87. The molecular formula is C14H20N2O3. The second-order valence-corrected chi connectivity index (χ2v) is 4.88. The number of aliphatic hydroxyl groups is 1. The number of hydrogen-bond donors (Lipinski definition) is 2.